The molecule has 2 aromatic carbocycles. The van der Waals surface area contributed by atoms with Crippen LogP contribution in [-0.4, -0.2) is 43.0 Å². The molecule has 1 aliphatic rings. The van der Waals surface area contributed by atoms with E-state index in [0.717, 1.165) is 35.1 Å². The van der Waals surface area contributed by atoms with Gasteiger partial charge < -0.3 is 19.9 Å². The van der Waals surface area contributed by atoms with Crippen molar-refractivity contribution < 1.29 is 24.2 Å². The summed E-state index contributed by atoms with van der Waals surface area (Å²) in [6.45, 7) is 2.77. The first kappa shape index (κ1) is 25.8. The predicted octanol–water partition coefficient (Wildman–Crippen LogP) is 6.14. The SMILES string of the molecule is CCCCCCCCCCOCC(NC(=O)OCC1c2ccccc2-c2ccccc21)C(=O)O. The van der Waals surface area contributed by atoms with E-state index >= 15 is 0 Å². The van der Waals surface area contributed by atoms with E-state index in [1.54, 1.807) is 0 Å². The first-order chi connectivity index (χ1) is 16.6. The summed E-state index contributed by atoms with van der Waals surface area (Å²) in [7, 11) is 0. The lowest BCUT2D eigenvalue weighted by molar-refractivity contribution is -0.141. The quantitative estimate of drug-likeness (QED) is 0.308. The molecule has 1 aliphatic carbocycles. The average molecular weight is 468 g/mol. The molecule has 6 heteroatoms. The second kappa shape index (κ2) is 13.8. The molecule has 0 heterocycles. The standard InChI is InChI=1S/C28H37NO5/c1-2-3-4-5-6-7-8-13-18-33-20-26(27(30)31)29-28(32)34-19-25-23-16-11-9-14-21(23)22-15-10-12-17-24(22)25/h9-12,14-17,25-26H,2-8,13,18-20H2,1H3,(H,29,32)(H,30,31). The van der Waals surface area contributed by atoms with Crippen molar-refractivity contribution in [2.45, 2.75) is 70.3 Å². The minimum absolute atomic E-state index is 0.0698. The Kier molecular flexibility index (Phi) is 10.4. The van der Waals surface area contributed by atoms with Crippen LogP contribution < -0.4 is 5.32 Å². The molecule has 0 bridgehead atoms. The first-order valence-electron chi connectivity index (χ1n) is 12.5. The van der Waals surface area contributed by atoms with E-state index in [4.69, 9.17) is 9.47 Å². The lowest BCUT2D eigenvalue weighted by Crippen LogP contribution is -2.44. The second-order valence-electron chi connectivity index (χ2n) is 8.91. The number of rotatable bonds is 15. The first-order valence-corrected chi connectivity index (χ1v) is 12.5. The van der Waals surface area contributed by atoms with Gasteiger partial charge in [-0.15, -0.1) is 0 Å². The number of hydrogen-bond acceptors (Lipinski definition) is 4. The number of alkyl carbamates (subject to hydrolysis) is 1. The van der Waals surface area contributed by atoms with E-state index in [0.29, 0.717) is 6.61 Å². The maximum atomic E-state index is 12.4. The second-order valence-corrected chi connectivity index (χ2v) is 8.91. The molecular weight excluding hydrogens is 430 g/mol. The normalized spacial score (nSPS) is 13.2. The van der Waals surface area contributed by atoms with Gasteiger partial charge in [0.2, 0.25) is 0 Å². The fourth-order valence-corrected chi connectivity index (χ4v) is 4.50. The molecule has 2 N–H and O–H groups in total. The smallest absolute Gasteiger partial charge is 0.407 e. The molecule has 0 radical (unpaired) electrons. The fourth-order valence-electron chi connectivity index (χ4n) is 4.50. The van der Waals surface area contributed by atoms with Gasteiger partial charge in [-0.2, -0.15) is 0 Å². The Morgan fingerprint density at radius 3 is 2.03 bits per heavy atom. The predicted molar refractivity (Wildman–Crippen MR) is 133 cm³/mol. The Morgan fingerprint density at radius 2 is 1.44 bits per heavy atom. The van der Waals surface area contributed by atoms with E-state index < -0.39 is 18.1 Å². The summed E-state index contributed by atoms with van der Waals surface area (Å²) >= 11 is 0. The van der Waals surface area contributed by atoms with Crippen LogP contribution in [0.15, 0.2) is 48.5 Å². The topological polar surface area (TPSA) is 84.9 Å². The van der Waals surface area contributed by atoms with Crippen LogP contribution in [0.1, 0.15) is 75.3 Å². The van der Waals surface area contributed by atoms with Gasteiger partial charge in [-0.25, -0.2) is 9.59 Å². The van der Waals surface area contributed by atoms with Gasteiger partial charge in [0, 0.05) is 12.5 Å². The van der Waals surface area contributed by atoms with Crippen LogP contribution in [0.2, 0.25) is 0 Å². The Bertz CT molecular complexity index is 883. The molecule has 0 aliphatic heterocycles. The van der Waals surface area contributed by atoms with Crippen LogP contribution in [0.4, 0.5) is 4.79 Å². The van der Waals surface area contributed by atoms with Gasteiger partial charge in [-0.05, 0) is 28.7 Å². The number of carboxylic acid groups (broad SMARTS) is 1. The molecule has 1 unspecified atom stereocenters. The summed E-state index contributed by atoms with van der Waals surface area (Å²) in [6, 6.07) is 15.0. The fraction of sp³-hybridized carbons (Fsp3) is 0.500. The van der Waals surface area contributed by atoms with E-state index in [9.17, 15) is 14.7 Å². The van der Waals surface area contributed by atoms with Gasteiger partial charge in [0.1, 0.15) is 6.61 Å². The molecule has 2 aromatic rings. The number of hydrogen-bond donors (Lipinski definition) is 2. The van der Waals surface area contributed by atoms with Crippen LogP contribution in [0.3, 0.4) is 0 Å². The number of carbonyl (C=O) groups excluding carboxylic acids is 1. The highest BCUT2D eigenvalue weighted by Crippen LogP contribution is 2.44. The van der Waals surface area contributed by atoms with Gasteiger partial charge in [0.15, 0.2) is 6.04 Å². The van der Waals surface area contributed by atoms with Gasteiger partial charge in [0.05, 0.1) is 6.61 Å². The zero-order chi connectivity index (χ0) is 24.2. The number of unbranched alkanes of at least 4 members (excludes halogenated alkanes) is 7. The lowest BCUT2D eigenvalue weighted by atomic mass is 9.98. The molecule has 1 atom stereocenters. The van der Waals surface area contributed by atoms with E-state index in [1.807, 2.05) is 36.4 Å². The number of fused-ring (bicyclic) bond motifs is 3. The van der Waals surface area contributed by atoms with Crippen LogP contribution in [0.25, 0.3) is 11.1 Å². The Balaban J connectivity index is 1.39. The highest BCUT2D eigenvalue weighted by Gasteiger charge is 2.29. The van der Waals surface area contributed by atoms with Gasteiger partial charge >= 0.3 is 12.1 Å². The van der Waals surface area contributed by atoms with Gasteiger partial charge in [-0.1, -0.05) is 100 Å². The molecule has 0 saturated heterocycles. The van der Waals surface area contributed by atoms with Crippen molar-refractivity contribution in [3.05, 3.63) is 59.7 Å². The van der Waals surface area contributed by atoms with Crippen molar-refractivity contribution in [3.8, 4) is 11.1 Å². The maximum Gasteiger partial charge on any atom is 0.407 e. The minimum Gasteiger partial charge on any atom is -0.480 e. The summed E-state index contributed by atoms with van der Waals surface area (Å²) in [5.41, 5.74) is 4.51. The summed E-state index contributed by atoms with van der Waals surface area (Å²) in [5.74, 6) is -1.20. The van der Waals surface area contributed by atoms with Gasteiger partial charge in [-0.3, -0.25) is 0 Å². The summed E-state index contributed by atoms with van der Waals surface area (Å²) in [5, 5.41) is 11.9. The van der Waals surface area contributed by atoms with Crippen LogP contribution >= 0.6 is 0 Å². The van der Waals surface area contributed by atoms with Crippen molar-refractivity contribution in [2.24, 2.45) is 0 Å². The van der Waals surface area contributed by atoms with E-state index in [-0.39, 0.29) is 19.1 Å². The molecule has 3 rings (SSSR count). The molecule has 0 aromatic heterocycles. The van der Waals surface area contributed by atoms with Crippen molar-refractivity contribution >= 4 is 12.1 Å². The Hall–Kier alpha value is -2.86. The summed E-state index contributed by atoms with van der Waals surface area (Å²) < 4.78 is 11.0. The number of benzene rings is 2. The zero-order valence-electron chi connectivity index (χ0n) is 20.1. The Labute approximate surface area is 202 Å². The van der Waals surface area contributed by atoms with Crippen LogP contribution in [0, 0.1) is 0 Å². The largest absolute Gasteiger partial charge is 0.480 e. The van der Waals surface area contributed by atoms with E-state index in [2.05, 4.69) is 24.4 Å². The number of ether oxygens (including phenoxy) is 2. The molecule has 0 fully saturated rings. The molecule has 0 saturated carbocycles. The average Bonchev–Trinajstić information content (AvgIpc) is 3.16. The summed E-state index contributed by atoms with van der Waals surface area (Å²) in [4.78, 5) is 23.9. The highest BCUT2D eigenvalue weighted by atomic mass is 16.5. The van der Waals surface area contributed by atoms with E-state index in [1.165, 1.54) is 38.5 Å². The van der Waals surface area contributed by atoms with Crippen molar-refractivity contribution in [1.29, 1.82) is 0 Å². The third kappa shape index (κ3) is 7.32. The number of aliphatic carboxylic acids is 1. The molecule has 34 heavy (non-hydrogen) atoms. The molecular formula is C28H37NO5. The van der Waals surface area contributed by atoms with Crippen LogP contribution in [-0.2, 0) is 14.3 Å². The van der Waals surface area contributed by atoms with Crippen molar-refractivity contribution in [1.82, 2.24) is 5.32 Å². The highest BCUT2D eigenvalue weighted by molar-refractivity contribution is 5.81. The summed E-state index contributed by atoms with van der Waals surface area (Å²) in [6.07, 6.45) is 8.77. The van der Waals surface area contributed by atoms with Crippen molar-refractivity contribution in [2.75, 3.05) is 19.8 Å². The van der Waals surface area contributed by atoms with Crippen molar-refractivity contribution in [3.63, 3.8) is 0 Å². The zero-order valence-corrected chi connectivity index (χ0v) is 20.1. The third-order valence-corrected chi connectivity index (χ3v) is 6.36. The number of carbonyl (C=O) groups is 2. The molecule has 1 amide bonds. The third-order valence-electron chi connectivity index (χ3n) is 6.36. The van der Waals surface area contributed by atoms with Crippen LogP contribution in [0.5, 0.6) is 0 Å². The van der Waals surface area contributed by atoms with Gasteiger partial charge in [0.25, 0.3) is 0 Å². The maximum absolute atomic E-state index is 12.4. The minimum atomic E-state index is -1.13. The number of amides is 1. The monoisotopic (exact) mass is 467 g/mol. The number of nitrogens with one attached hydrogen (secondary N) is 1. The lowest BCUT2D eigenvalue weighted by Gasteiger charge is -2.17. The number of carboxylic acids is 1. The molecule has 6 nitrogen and oxygen atoms in total. The molecule has 184 valence electrons. The Morgan fingerprint density at radius 1 is 0.882 bits per heavy atom. The molecule has 0 spiro atoms.